The molecule has 3 aliphatic rings. The second kappa shape index (κ2) is 6.94. The zero-order chi connectivity index (χ0) is 22.9. The van der Waals surface area contributed by atoms with Crippen LogP contribution in [0.1, 0.15) is 88.1 Å². The van der Waals surface area contributed by atoms with Crippen molar-refractivity contribution in [3.63, 3.8) is 0 Å². The fourth-order valence-electron chi connectivity index (χ4n) is 6.22. The van der Waals surface area contributed by atoms with Gasteiger partial charge >= 0.3 is 5.97 Å². The maximum absolute atomic E-state index is 11.0. The van der Waals surface area contributed by atoms with Gasteiger partial charge in [-0.3, -0.25) is 0 Å². The van der Waals surface area contributed by atoms with E-state index in [-0.39, 0.29) is 16.2 Å². The first kappa shape index (κ1) is 21.2. The second-order valence-corrected chi connectivity index (χ2v) is 11.5. The Labute approximate surface area is 192 Å². The van der Waals surface area contributed by atoms with E-state index in [4.69, 9.17) is 5.11 Å². The highest BCUT2D eigenvalue weighted by atomic mass is 16.4. The molecule has 0 saturated heterocycles. The largest absolute Gasteiger partial charge is 0.478 e. The number of rotatable bonds is 4. The lowest BCUT2D eigenvalue weighted by molar-refractivity contribution is -0.131. The van der Waals surface area contributed by atoms with Gasteiger partial charge in [0, 0.05) is 11.5 Å². The number of hydrogen-bond acceptors (Lipinski definition) is 1. The quantitative estimate of drug-likeness (QED) is 0.522. The first-order chi connectivity index (χ1) is 15.0. The van der Waals surface area contributed by atoms with Gasteiger partial charge in [0.05, 0.1) is 0 Å². The van der Waals surface area contributed by atoms with Crippen molar-refractivity contribution in [1.82, 2.24) is 0 Å². The van der Waals surface area contributed by atoms with Crippen LogP contribution in [0.25, 0.3) is 11.1 Å². The van der Waals surface area contributed by atoms with E-state index >= 15 is 0 Å². The lowest BCUT2D eigenvalue weighted by Gasteiger charge is -2.42. The minimum Gasteiger partial charge on any atom is -0.478 e. The maximum atomic E-state index is 11.0. The number of aliphatic carboxylic acids is 1. The maximum Gasteiger partial charge on any atom is 0.328 e. The smallest absolute Gasteiger partial charge is 0.328 e. The SMILES string of the molecule is C/C(=C/C(=O)O)c1ccc(C2=CCC3(c4ccc5c(c4)C(C)(C)CCC5(C)C)CC23)cc1. The van der Waals surface area contributed by atoms with Crippen LogP contribution in [0.4, 0.5) is 0 Å². The molecule has 0 heterocycles. The van der Waals surface area contributed by atoms with Crippen molar-refractivity contribution in [1.29, 1.82) is 0 Å². The van der Waals surface area contributed by atoms with E-state index in [9.17, 15) is 4.79 Å². The molecule has 0 radical (unpaired) electrons. The van der Waals surface area contributed by atoms with Crippen molar-refractivity contribution in [2.24, 2.45) is 5.92 Å². The lowest BCUT2D eigenvalue weighted by atomic mass is 9.62. The summed E-state index contributed by atoms with van der Waals surface area (Å²) in [5.41, 5.74) is 9.90. The van der Waals surface area contributed by atoms with Crippen molar-refractivity contribution >= 4 is 17.1 Å². The van der Waals surface area contributed by atoms with Crippen molar-refractivity contribution in [3.8, 4) is 0 Å². The Balaban J connectivity index is 1.42. The molecular weight excluding hydrogens is 392 g/mol. The van der Waals surface area contributed by atoms with E-state index in [2.05, 4.69) is 76.2 Å². The van der Waals surface area contributed by atoms with E-state index in [1.807, 2.05) is 6.92 Å². The van der Waals surface area contributed by atoms with Crippen molar-refractivity contribution in [3.05, 3.63) is 82.4 Å². The fraction of sp³-hybridized carbons (Fsp3) is 0.433. The van der Waals surface area contributed by atoms with Crippen LogP contribution in [0.5, 0.6) is 0 Å². The highest BCUT2D eigenvalue weighted by Gasteiger charge is 2.59. The number of allylic oxidation sites excluding steroid dienone is 3. The van der Waals surface area contributed by atoms with Gasteiger partial charge in [-0.15, -0.1) is 0 Å². The first-order valence-electron chi connectivity index (χ1n) is 11.9. The number of fused-ring (bicyclic) bond motifs is 2. The molecule has 2 heteroatoms. The Kier molecular flexibility index (Phi) is 4.61. The number of carboxylic acids is 1. The predicted octanol–water partition coefficient (Wildman–Crippen LogP) is 7.27. The molecular formula is C30H34O2. The number of carbonyl (C=O) groups is 1. The number of hydrogen-bond donors (Lipinski definition) is 1. The Bertz CT molecular complexity index is 1160. The van der Waals surface area contributed by atoms with Gasteiger partial charge in [-0.05, 0) is 88.3 Å². The zero-order valence-electron chi connectivity index (χ0n) is 20.0. The summed E-state index contributed by atoms with van der Waals surface area (Å²) in [6.45, 7) is 11.5. The van der Waals surface area contributed by atoms with Crippen LogP contribution in [0.15, 0.2) is 54.6 Å². The van der Waals surface area contributed by atoms with E-state index < -0.39 is 5.97 Å². The highest BCUT2D eigenvalue weighted by molar-refractivity contribution is 5.89. The molecule has 2 aromatic carbocycles. The highest BCUT2D eigenvalue weighted by Crippen LogP contribution is 2.67. The summed E-state index contributed by atoms with van der Waals surface area (Å²) < 4.78 is 0. The third-order valence-electron chi connectivity index (χ3n) is 8.58. The standard InChI is InChI=1S/C30H34O2/c1-19(16-27(31)32)20-6-8-21(9-7-20)23-12-13-30(18-26(23)30)22-10-11-24-25(17-22)29(4,5)15-14-28(24,2)3/h6-12,16-17,26H,13-15,18H2,1-5H3,(H,31,32)/b19-16-. The molecule has 0 amide bonds. The van der Waals surface area contributed by atoms with Crippen LogP contribution in [-0.2, 0) is 21.0 Å². The topological polar surface area (TPSA) is 37.3 Å². The molecule has 1 fully saturated rings. The first-order valence-corrected chi connectivity index (χ1v) is 11.9. The van der Waals surface area contributed by atoms with Crippen LogP contribution < -0.4 is 0 Å². The average molecular weight is 427 g/mol. The van der Waals surface area contributed by atoms with E-state index in [1.54, 1.807) is 5.56 Å². The van der Waals surface area contributed by atoms with Gasteiger partial charge in [0.25, 0.3) is 0 Å². The monoisotopic (exact) mass is 426 g/mol. The molecule has 2 nitrogen and oxygen atoms in total. The minimum absolute atomic E-state index is 0.244. The van der Waals surface area contributed by atoms with Gasteiger partial charge in [0.1, 0.15) is 0 Å². The molecule has 166 valence electrons. The lowest BCUT2D eigenvalue weighted by Crippen LogP contribution is -2.34. The molecule has 1 saturated carbocycles. The van der Waals surface area contributed by atoms with E-state index in [1.165, 1.54) is 47.6 Å². The Hall–Kier alpha value is -2.61. The molecule has 1 N–H and O–H groups in total. The molecule has 0 aromatic heterocycles. The summed E-state index contributed by atoms with van der Waals surface area (Å²) in [4.78, 5) is 11.0. The Morgan fingerprint density at radius 1 is 0.969 bits per heavy atom. The third kappa shape index (κ3) is 3.27. The summed E-state index contributed by atoms with van der Waals surface area (Å²) in [5.74, 6) is -0.300. The molecule has 0 bridgehead atoms. The van der Waals surface area contributed by atoms with Gasteiger partial charge in [0.2, 0.25) is 0 Å². The van der Waals surface area contributed by atoms with Crippen molar-refractivity contribution in [2.45, 2.75) is 76.5 Å². The van der Waals surface area contributed by atoms with Crippen LogP contribution in [0, 0.1) is 5.92 Å². The van der Waals surface area contributed by atoms with Gasteiger partial charge in [0.15, 0.2) is 0 Å². The summed E-state index contributed by atoms with van der Waals surface area (Å²) in [6, 6.07) is 15.8. The molecule has 3 aliphatic carbocycles. The van der Waals surface area contributed by atoms with Crippen LogP contribution in [0.2, 0.25) is 0 Å². The van der Waals surface area contributed by atoms with Crippen LogP contribution >= 0.6 is 0 Å². The molecule has 2 atom stereocenters. The van der Waals surface area contributed by atoms with Crippen molar-refractivity contribution < 1.29 is 9.90 Å². The molecule has 2 unspecified atom stereocenters. The fourth-order valence-corrected chi connectivity index (χ4v) is 6.22. The normalized spacial score (nSPS) is 27.3. The summed E-state index contributed by atoms with van der Waals surface area (Å²) in [6.07, 6.45) is 8.57. The van der Waals surface area contributed by atoms with Gasteiger partial charge in [-0.2, -0.15) is 0 Å². The number of benzene rings is 2. The summed E-state index contributed by atoms with van der Waals surface area (Å²) >= 11 is 0. The Morgan fingerprint density at radius 2 is 1.62 bits per heavy atom. The average Bonchev–Trinajstić information content (AvgIpc) is 3.36. The zero-order valence-corrected chi connectivity index (χ0v) is 20.0. The van der Waals surface area contributed by atoms with Gasteiger partial charge < -0.3 is 5.11 Å². The van der Waals surface area contributed by atoms with E-state index in [0.29, 0.717) is 5.92 Å². The van der Waals surface area contributed by atoms with Crippen LogP contribution in [0.3, 0.4) is 0 Å². The minimum atomic E-state index is -0.899. The van der Waals surface area contributed by atoms with Gasteiger partial charge in [-0.1, -0.05) is 76.2 Å². The molecule has 32 heavy (non-hydrogen) atoms. The Morgan fingerprint density at radius 3 is 2.25 bits per heavy atom. The van der Waals surface area contributed by atoms with E-state index in [0.717, 1.165) is 17.6 Å². The molecule has 5 rings (SSSR count). The molecule has 0 spiro atoms. The molecule has 0 aliphatic heterocycles. The number of carboxylic acid groups (broad SMARTS) is 1. The van der Waals surface area contributed by atoms with Crippen molar-refractivity contribution in [2.75, 3.05) is 0 Å². The van der Waals surface area contributed by atoms with Gasteiger partial charge in [-0.25, -0.2) is 4.79 Å². The third-order valence-corrected chi connectivity index (χ3v) is 8.58. The summed E-state index contributed by atoms with van der Waals surface area (Å²) in [5, 5.41) is 9.00. The molecule has 2 aromatic rings. The second-order valence-electron chi connectivity index (χ2n) is 11.5. The van der Waals surface area contributed by atoms with Crippen LogP contribution in [-0.4, -0.2) is 11.1 Å². The predicted molar refractivity (Wildman–Crippen MR) is 132 cm³/mol. The summed E-state index contributed by atoms with van der Waals surface area (Å²) in [7, 11) is 0.